The van der Waals surface area contributed by atoms with Crippen molar-refractivity contribution in [2.45, 2.75) is 43.7 Å². The zero-order chi connectivity index (χ0) is 20.4. The number of carbonyl (C=O) groups is 1. The summed E-state index contributed by atoms with van der Waals surface area (Å²) < 4.78 is 11.1. The van der Waals surface area contributed by atoms with Gasteiger partial charge in [0.2, 0.25) is 0 Å². The molecule has 2 aromatic carbocycles. The van der Waals surface area contributed by atoms with Crippen molar-refractivity contribution in [3.05, 3.63) is 59.7 Å². The van der Waals surface area contributed by atoms with Gasteiger partial charge in [-0.05, 0) is 49.6 Å². The summed E-state index contributed by atoms with van der Waals surface area (Å²) in [7, 11) is 3.28. The van der Waals surface area contributed by atoms with Crippen molar-refractivity contribution in [2.75, 3.05) is 20.8 Å². The van der Waals surface area contributed by atoms with Crippen LogP contribution in [-0.2, 0) is 0 Å². The molecule has 1 aliphatic heterocycles. The van der Waals surface area contributed by atoms with Crippen LogP contribution >= 0.6 is 0 Å². The van der Waals surface area contributed by atoms with Gasteiger partial charge in [-0.1, -0.05) is 31.0 Å². The number of hydrogen-bond donors (Lipinski definition) is 1. The molecule has 0 aromatic heterocycles. The van der Waals surface area contributed by atoms with E-state index < -0.39 is 5.60 Å². The van der Waals surface area contributed by atoms with Crippen LogP contribution in [0.15, 0.2) is 48.5 Å². The molecular formula is C24H29NO4. The van der Waals surface area contributed by atoms with E-state index in [4.69, 9.17) is 9.47 Å². The molecular weight excluding hydrogens is 366 g/mol. The van der Waals surface area contributed by atoms with Gasteiger partial charge in [-0.15, -0.1) is 0 Å². The number of rotatable bonds is 4. The maximum Gasteiger partial charge on any atom is 0.254 e. The van der Waals surface area contributed by atoms with Crippen molar-refractivity contribution in [1.29, 1.82) is 0 Å². The van der Waals surface area contributed by atoms with E-state index in [2.05, 4.69) is 0 Å². The highest BCUT2D eigenvalue weighted by Crippen LogP contribution is 2.51. The van der Waals surface area contributed by atoms with Crippen LogP contribution in [-0.4, -0.2) is 42.3 Å². The fraction of sp³-hybridized carbons (Fsp3) is 0.458. The van der Waals surface area contributed by atoms with Crippen LogP contribution in [0.1, 0.15) is 54.1 Å². The van der Waals surface area contributed by atoms with Crippen LogP contribution < -0.4 is 9.47 Å². The third kappa shape index (κ3) is 3.60. The van der Waals surface area contributed by atoms with E-state index in [0.717, 1.165) is 42.7 Å². The van der Waals surface area contributed by atoms with Crippen LogP contribution in [0.3, 0.4) is 0 Å². The van der Waals surface area contributed by atoms with Crippen molar-refractivity contribution in [2.24, 2.45) is 5.92 Å². The van der Waals surface area contributed by atoms with E-state index in [-0.39, 0.29) is 17.9 Å². The molecule has 2 aliphatic rings. The number of methoxy groups -OCH3 is 2. The zero-order valence-electron chi connectivity index (χ0n) is 17.1. The first-order chi connectivity index (χ1) is 14.1. The normalized spacial score (nSPS) is 26.5. The van der Waals surface area contributed by atoms with Crippen molar-refractivity contribution >= 4 is 5.91 Å². The number of piperidine rings is 1. The predicted octanol–water partition coefficient (Wildman–Crippen LogP) is 4.21. The molecule has 1 aliphatic carbocycles. The Hall–Kier alpha value is -2.53. The minimum absolute atomic E-state index is 0.00639. The predicted molar refractivity (Wildman–Crippen MR) is 111 cm³/mol. The summed E-state index contributed by atoms with van der Waals surface area (Å²) in [5.74, 6) is 1.40. The van der Waals surface area contributed by atoms with E-state index in [9.17, 15) is 9.90 Å². The summed E-state index contributed by atoms with van der Waals surface area (Å²) >= 11 is 0. The Morgan fingerprint density at radius 1 is 1.07 bits per heavy atom. The van der Waals surface area contributed by atoms with Gasteiger partial charge in [0.25, 0.3) is 5.91 Å². The summed E-state index contributed by atoms with van der Waals surface area (Å²) in [4.78, 5) is 15.4. The number of ether oxygens (including phenoxy) is 2. The third-order valence-electron chi connectivity index (χ3n) is 6.60. The van der Waals surface area contributed by atoms with Crippen LogP contribution in [0.25, 0.3) is 0 Å². The summed E-state index contributed by atoms with van der Waals surface area (Å²) in [6, 6.07) is 14.8. The quantitative estimate of drug-likeness (QED) is 0.842. The average molecular weight is 395 g/mol. The van der Waals surface area contributed by atoms with Gasteiger partial charge in [0.05, 0.1) is 25.9 Å². The summed E-state index contributed by atoms with van der Waals surface area (Å²) in [6.45, 7) is 0.520. The Morgan fingerprint density at radius 3 is 2.59 bits per heavy atom. The first kappa shape index (κ1) is 19.8. The zero-order valence-corrected chi connectivity index (χ0v) is 17.1. The number of amides is 1. The smallest absolute Gasteiger partial charge is 0.254 e. The molecule has 2 aromatic rings. The van der Waals surface area contributed by atoms with Gasteiger partial charge in [-0.3, -0.25) is 4.79 Å². The van der Waals surface area contributed by atoms with Crippen molar-refractivity contribution < 1.29 is 19.4 Å². The monoisotopic (exact) mass is 395 g/mol. The van der Waals surface area contributed by atoms with Crippen molar-refractivity contribution in [1.82, 2.24) is 4.90 Å². The molecule has 1 saturated heterocycles. The molecule has 4 rings (SSSR count). The van der Waals surface area contributed by atoms with Crippen molar-refractivity contribution in [3.8, 4) is 11.5 Å². The van der Waals surface area contributed by atoms with Crippen LogP contribution in [0, 0.1) is 5.92 Å². The Balaban J connectivity index is 1.82. The summed E-state index contributed by atoms with van der Waals surface area (Å²) in [5, 5.41) is 11.5. The summed E-state index contributed by atoms with van der Waals surface area (Å²) in [6.07, 6.45) is 4.37. The first-order valence-electron chi connectivity index (χ1n) is 10.4. The van der Waals surface area contributed by atoms with Gasteiger partial charge in [-0.2, -0.15) is 0 Å². The molecule has 5 heteroatoms. The Labute approximate surface area is 172 Å². The van der Waals surface area contributed by atoms with E-state index in [0.29, 0.717) is 18.5 Å². The number of fused-ring (bicyclic) bond motifs is 1. The third-order valence-corrected chi connectivity index (χ3v) is 6.60. The first-order valence-corrected chi connectivity index (χ1v) is 10.4. The lowest BCUT2D eigenvalue weighted by Crippen LogP contribution is -2.56. The number of likely N-dealkylation sites (tertiary alicyclic amines) is 1. The molecule has 1 saturated carbocycles. The van der Waals surface area contributed by atoms with E-state index >= 15 is 0 Å². The maximum atomic E-state index is 13.5. The summed E-state index contributed by atoms with van der Waals surface area (Å²) in [5.41, 5.74) is 0.826. The average Bonchev–Trinajstić information content (AvgIpc) is 2.77. The number of benzene rings is 2. The molecule has 3 atom stereocenters. The van der Waals surface area contributed by atoms with E-state index in [1.54, 1.807) is 14.2 Å². The maximum absolute atomic E-state index is 13.5. The molecule has 0 bridgehead atoms. The second-order valence-corrected chi connectivity index (χ2v) is 8.12. The van der Waals surface area contributed by atoms with Gasteiger partial charge in [0.1, 0.15) is 11.5 Å². The standard InChI is InChI=1S/C24H29NO4/c1-28-18-11-12-21(29-2)19(16-18)22-20-10-6-7-13-24(20,27)14-15-25(22)23(26)17-8-4-3-5-9-17/h3-5,8-9,11-12,16,20,22,27H,6-7,10,13-15H2,1-2H3/t20-,22-,24-/m0/s1. The van der Waals surface area contributed by atoms with Crippen LogP contribution in [0.2, 0.25) is 0 Å². The van der Waals surface area contributed by atoms with Gasteiger partial charge in [0, 0.05) is 23.6 Å². The molecule has 154 valence electrons. The minimum atomic E-state index is -0.746. The molecule has 0 unspecified atom stereocenters. The molecule has 2 fully saturated rings. The van der Waals surface area contributed by atoms with E-state index in [1.807, 2.05) is 53.4 Å². The Bertz CT molecular complexity index is 868. The Kier molecular flexibility index (Phi) is 5.50. The topological polar surface area (TPSA) is 59.0 Å². The number of carbonyl (C=O) groups excluding carboxylic acids is 1. The lowest BCUT2D eigenvalue weighted by molar-refractivity contribution is -0.115. The number of aliphatic hydroxyl groups is 1. The second kappa shape index (κ2) is 8.07. The highest BCUT2D eigenvalue weighted by atomic mass is 16.5. The molecule has 1 heterocycles. The number of hydrogen-bond acceptors (Lipinski definition) is 4. The second-order valence-electron chi connectivity index (χ2n) is 8.12. The van der Waals surface area contributed by atoms with Gasteiger partial charge < -0.3 is 19.5 Å². The molecule has 1 amide bonds. The van der Waals surface area contributed by atoms with Crippen LogP contribution in [0.5, 0.6) is 11.5 Å². The molecule has 5 nitrogen and oxygen atoms in total. The fourth-order valence-electron chi connectivity index (χ4n) is 5.11. The minimum Gasteiger partial charge on any atom is -0.497 e. The lowest BCUT2D eigenvalue weighted by atomic mass is 9.66. The van der Waals surface area contributed by atoms with Gasteiger partial charge >= 0.3 is 0 Å². The lowest BCUT2D eigenvalue weighted by Gasteiger charge is -2.52. The van der Waals surface area contributed by atoms with Gasteiger partial charge in [0.15, 0.2) is 0 Å². The largest absolute Gasteiger partial charge is 0.497 e. The van der Waals surface area contributed by atoms with Crippen molar-refractivity contribution in [3.63, 3.8) is 0 Å². The molecule has 1 N–H and O–H groups in total. The van der Waals surface area contributed by atoms with E-state index in [1.165, 1.54) is 0 Å². The Morgan fingerprint density at radius 2 is 1.86 bits per heavy atom. The van der Waals surface area contributed by atoms with Gasteiger partial charge in [-0.25, -0.2) is 0 Å². The number of nitrogens with zero attached hydrogens (tertiary/aromatic N) is 1. The highest BCUT2D eigenvalue weighted by molar-refractivity contribution is 5.94. The SMILES string of the molecule is COc1ccc(OC)c([C@H]2[C@@H]3CCCC[C@]3(O)CCN2C(=O)c2ccccc2)c1. The molecule has 0 radical (unpaired) electrons. The highest BCUT2D eigenvalue weighted by Gasteiger charge is 2.51. The fourth-order valence-corrected chi connectivity index (χ4v) is 5.11. The molecule has 29 heavy (non-hydrogen) atoms. The molecule has 0 spiro atoms. The van der Waals surface area contributed by atoms with Crippen LogP contribution in [0.4, 0.5) is 0 Å².